The highest BCUT2D eigenvalue weighted by molar-refractivity contribution is 9.10. The number of pyridine rings is 1. The highest BCUT2D eigenvalue weighted by Crippen LogP contribution is 2.33. The van der Waals surface area contributed by atoms with Gasteiger partial charge in [-0.1, -0.05) is 0 Å². The van der Waals surface area contributed by atoms with E-state index in [1.54, 1.807) is 12.1 Å². The summed E-state index contributed by atoms with van der Waals surface area (Å²) in [4.78, 5) is 14.2. The molecule has 1 aromatic heterocycles. The lowest BCUT2D eigenvalue weighted by Gasteiger charge is -2.06. The van der Waals surface area contributed by atoms with Crippen molar-refractivity contribution in [3.05, 3.63) is 38.3 Å². The molecule has 0 atom stereocenters. The highest BCUT2D eigenvalue weighted by Gasteiger charge is 2.21. The molecule has 0 unspecified atom stereocenters. The Morgan fingerprint density at radius 3 is 3.06 bits per heavy atom. The molecule has 0 aliphatic carbocycles. The summed E-state index contributed by atoms with van der Waals surface area (Å²) in [5.74, 6) is 0.0538. The van der Waals surface area contributed by atoms with Gasteiger partial charge in [0, 0.05) is 11.8 Å². The summed E-state index contributed by atoms with van der Waals surface area (Å²) >= 11 is 3.08. The predicted molar refractivity (Wildman–Crippen MR) is 61.4 cm³/mol. The first kappa shape index (κ1) is 9.84. The molecule has 2 aromatic rings. The van der Waals surface area contributed by atoms with Crippen molar-refractivity contribution in [1.29, 1.82) is 0 Å². The number of H-pyrrole nitrogens is 1. The maximum absolute atomic E-state index is 13.8. The molecule has 16 heavy (non-hydrogen) atoms. The molecule has 82 valence electrons. The average molecular weight is 284 g/mol. The second-order valence-electron chi connectivity index (χ2n) is 3.64. The molecule has 3 nitrogen and oxygen atoms in total. The number of rotatable bonds is 0. The number of hydrogen-bond donors (Lipinski definition) is 1. The van der Waals surface area contributed by atoms with Gasteiger partial charge >= 0.3 is 0 Å². The van der Waals surface area contributed by atoms with Crippen molar-refractivity contribution in [3.63, 3.8) is 0 Å². The summed E-state index contributed by atoms with van der Waals surface area (Å²) in [6.45, 7) is 0.481. The van der Waals surface area contributed by atoms with E-state index >= 15 is 0 Å². The molecule has 1 aliphatic rings. The summed E-state index contributed by atoms with van der Waals surface area (Å²) in [5, 5.41) is 0.618. The number of hydrogen-bond acceptors (Lipinski definition) is 2. The standard InChI is InChI=1S/C11H7BrFNO2/c12-7-2-1-5-9(8(7)13)14-11(15)6-3-4-16-10(5)6/h1-2H,3-4H2,(H,14,15). The van der Waals surface area contributed by atoms with Gasteiger partial charge in [-0.05, 0) is 28.1 Å². The van der Waals surface area contributed by atoms with E-state index in [0.717, 1.165) is 0 Å². The molecule has 0 amide bonds. The lowest BCUT2D eigenvalue weighted by molar-refractivity contribution is 0.360. The molecular formula is C11H7BrFNO2. The Morgan fingerprint density at radius 2 is 2.25 bits per heavy atom. The molecule has 0 bridgehead atoms. The van der Waals surface area contributed by atoms with E-state index < -0.39 is 5.82 Å². The van der Waals surface area contributed by atoms with Crippen LogP contribution in [0.1, 0.15) is 5.56 Å². The molecular weight excluding hydrogens is 277 g/mol. The van der Waals surface area contributed by atoms with Crippen LogP contribution in [0.15, 0.2) is 21.4 Å². The number of halogens is 2. The van der Waals surface area contributed by atoms with Gasteiger partial charge in [0.2, 0.25) is 0 Å². The van der Waals surface area contributed by atoms with E-state index in [4.69, 9.17) is 4.74 Å². The van der Waals surface area contributed by atoms with Crippen LogP contribution in [0.2, 0.25) is 0 Å². The smallest absolute Gasteiger partial charge is 0.255 e. The van der Waals surface area contributed by atoms with Crippen LogP contribution in [0.3, 0.4) is 0 Å². The molecule has 0 saturated carbocycles. The second-order valence-corrected chi connectivity index (χ2v) is 4.50. The number of ether oxygens (including phenoxy) is 1. The fraction of sp³-hybridized carbons (Fsp3) is 0.182. The maximum Gasteiger partial charge on any atom is 0.255 e. The molecule has 2 heterocycles. The van der Waals surface area contributed by atoms with E-state index in [2.05, 4.69) is 20.9 Å². The zero-order chi connectivity index (χ0) is 11.3. The summed E-state index contributed by atoms with van der Waals surface area (Å²) < 4.78 is 19.5. The SMILES string of the molecule is O=c1[nH]c2c(F)c(Br)ccc2c2c1CCO2. The van der Waals surface area contributed by atoms with Crippen LogP contribution in [0.4, 0.5) is 4.39 Å². The van der Waals surface area contributed by atoms with Crippen molar-refractivity contribution in [2.75, 3.05) is 6.61 Å². The Kier molecular flexibility index (Phi) is 2.04. The highest BCUT2D eigenvalue weighted by atomic mass is 79.9. The van der Waals surface area contributed by atoms with E-state index in [0.29, 0.717) is 34.2 Å². The topological polar surface area (TPSA) is 42.1 Å². The monoisotopic (exact) mass is 283 g/mol. The molecule has 1 aliphatic heterocycles. The molecule has 0 saturated heterocycles. The fourth-order valence-electron chi connectivity index (χ4n) is 1.96. The number of aromatic amines is 1. The first-order valence-corrected chi connectivity index (χ1v) is 5.63. The van der Waals surface area contributed by atoms with Crippen LogP contribution >= 0.6 is 15.9 Å². The molecule has 3 rings (SSSR count). The maximum atomic E-state index is 13.8. The van der Waals surface area contributed by atoms with Crippen molar-refractivity contribution in [3.8, 4) is 5.75 Å². The number of nitrogens with one attached hydrogen (secondary N) is 1. The van der Waals surface area contributed by atoms with Crippen LogP contribution in [0.25, 0.3) is 10.9 Å². The summed E-state index contributed by atoms with van der Waals surface area (Å²) in [5.41, 5.74) is 0.534. The third kappa shape index (κ3) is 1.21. The molecule has 0 radical (unpaired) electrons. The Bertz CT molecular complexity index is 650. The largest absolute Gasteiger partial charge is 0.492 e. The van der Waals surface area contributed by atoms with Crippen molar-refractivity contribution < 1.29 is 9.13 Å². The lowest BCUT2D eigenvalue weighted by atomic mass is 10.1. The molecule has 0 fully saturated rings. The van der Waals surface area contributed by atoms with Crippen molar-refractivity contribution in [1.82, 2.24) is 4.98 Å². The average Bonchev–Trinajstić information content (AvgIpc) is 2.74. The first-order chi connectivity index (χ1) is 7.68. The summed E-state index contributed by atoms with van der Waals surface area (Å²) in [7, 11) is 0. The number of aromatic nitrogens is 1. The Hall–Kier alpha value is -1.36. The van der Waals surface area contributed by atoms with Crippen LogP contribution in [-0.4, -0.2) is 11.6 Å². The van der Waals surface area contributed by atoms with Crippen LogP contribution in [0.5, 0.6) is 5.75 Å². The fourth-order valence-corrected chi connectivity index (χ4v) is 2.29. The van der Waals surface area contributed by atoms with E-state index in [-0.39, 0.29) is 11.1 Å². The van der Waals surface area contributed by atoms with Crippen molar-refractivity contribution in [2.45, 2.75) is 6.42 Å². The Balaban J connectivity index is 2.52. The second kappa shape index (κ2) is 3.31. The van der Waals surface area contributed by atoms with Gasteiger partial charge in [-0.25, -0.2) is 4.39 Å². The quantitative estimate of drug-likeness (QED) is 0.807. The Labute approximate surface area is 98.4 Å². The number of fused-ring (bicyclic) bond motifs is 3. The lowest BCUT2D eigenvalue weighted by Crippen LogP contribution is -2.11. The minimum absolute atomic E-state index is 0.194. The third-order valence-corrected chi connectivity index (χ3v) is 3.34. The van der Waals surface area contributed by atoms with Gasteiger partial charge in [0.1, 0.15) is 5.75 Å². The zero-order valence-corrected chi connectivity index (χ0v) is 9.73. The van der Waals surface area contributed by atoms with Gasteiger partial charge in [0.25, 0.3) is 5.56 Å². The predicted octanol–water partition coefficient (Wildman–Crippen LogP) is 2.36. The summed E-state index contributed by atoms with van der Waals surface area (Å²) in [6.07, 6.45) is 0.582. The molecule has 1 aromatic carbocycles. The number of benzene rings is 1. The van der Waals surface area contributed by atoms with E-state index in [1.165, 1.54) is 0 Å². The molecule has 0 spiro atoms. The Morgan fingerprint density at radius 1 is 1.44 bits per heavy atom. The first-order valence-electron chi connectivity index (χ1n) is 4.84. The van der Waals surface area contributed by atoms with E-state index in [9.17, 15) is 9.18 Å². The van der Waals surface area contributed by atoms with Crippen molar-refractivity contribution in [2.24, 2.45) is 0 Å². The normalized spacial score (nSPS) is 13.9. The molecule has 1 N–H and O–H groups in total. The van der Waals surface area contributed by atoms with Crippen LogP contribution < -0.4 is 10.3 Å². The van der Waals surface area contributed by atoms with Gasteiger partial charge in [-0.2, -0.15) is 0 Å². The van der Waals surface area contributed by atoms with Crippen LogP contribution in [0, 0.1) is 5.82 Å². The summed E-state index contributed by atoms with van der Waals surface area (Å²) in [6, 6.07) is 3.35. The third-order valence-electron chi connectivity index (χ3n) is 2.72. The van der Waals surface area contributed by atoms with Gasteiger partial charge in [-0.15, -0.1) is 0 Å². The minimum atomic E-state index is -0.465. The van der Waals surface area contributed by atoms with Crippen LogP contribution in [-0.2, 0) is 6.42 Å². The van der Waals surface area contributed by atoms with Gasteiger partial charge < -0.3 is 9.72 Å². The zero-order valence-electron chi connectivity index (χ0n) is 8.14. The van der Waals surface area contributed by atoms with Gasteiger partial charge in [0.05, 0.1) is 22.2 Å². The van der Waals surface area contributed by atoms with Gasteiger partial charge in [-0.3, -0.25) is 4.79 Å². The van der Waals surface area contributed by atoms with Gasteiger partial charge in [0.15, 0.2) is 5.82 Å². The minimum Gasteiger partial charge on any atom is -0.492 e. The van der Waals surface area contributed by atoms with Crippen molar-refractivity contribution >= 4 is 26.8 Å². The van der Waals surface area contributed by atoms with E-state index in [1.807, 2.05) is 0 Å². The molecule has 5 heteroatoms.